The third-order valence-electron chi connectivity index (χ3n) is 4.69. The number of carbonyl (C=O) groups is 1. The number of amides is 1. The van der Waals surface area contributed by atoms with Crippen molar-refractivity contribution in [2.45, 2.75) is 12.7 Å². The molecule has 35 heavy (non-hydrogen) atoms. The largest absolute Gasteiger partial charge is 0.421 e. The Hall–Kier alpha value is -4.01. The Balaban J connectivity index is 1.92. The van der Waals surface area contributed by atoms with Crippen molar-refractivity contribution in [3.05, 3.63) is 65.2 Å². The van der Waals surface area contributed by atoms with Gasteiger partial charge in [-0.2, -0.15) is 18.2 Å². The lowest BCUT2D eigenvalue weighted by atomic mass is 10.2. The second-order valence-electron chi connectivity index (χ2n) is 7.21. The third-order valence-corrected chi connectivity index (χ3v) is 5.86. The third kappa shape index (κ3) is 6.11. The summed E-state index contributed by atoms with van der Waals surface area (Å²) in [6.45, 7) is -0.259. The molecule has 1 aromatic carbocycles. The molecule has 4 N–H and O–H groups in total. The number of nitrogens with two attached hydrogens (primary N) is 1. The quantitative estimate of drug-likeness (QED) is 0.390. The van der Waals surface area contributed by atoms with Crippen molar-refractivity contribution in [2.24, 2.45) is 5.73 Å². The van der Waals surface area contributed by atoms with Gasteiger partial charge >= 0.3 is 6.18 Å². The molecule has 0 fully saturated rings. The summed E-state index contributed by atoms with van der Waals surface area (Å²) in [6, 6.07) is 6.29. The number of nitrogens with zero attached hydrogens (tertiary/aromatic N) is 4. The number of nitrogens with one attached hydrogen (secondary N) is 2. The molecule has 3 aromatic rings. The summed E-state index contributed by atoms with van der Waals surface area (Å²) in [5.74, 6) is -2.81. The van der Waals surface area contributed by atoms with Crippen molar-refractivity contribution in [3.63, 3.8) is 0 Å². The minimum Gasteiger partial charge on any atom is -0.366 e. The number of hydrogen-bond donors (Lipinski definition) is 3. The summed E-state index contributed by atoms with van der Waals surface area (Å²) < 4.78 is 79.3. The summed E-state index contributed by atoms with van der Waals surface area (Å²) in [6.07, 6.45) is -1.96. The number of anilines is 4. The van der Waals surface area contributed by atoms with Crippen LogP contribution in [0.4, 0.5) is 40.8 Å². The second-order valence-corrected chi connectivity index (χ2v) is 9.22. The number of pyridine rings is 1. The number of carbonyl (C=O) groups excluding carboxylic acids is 1. The summed E-state index contributed by atoms with van der Waals surface area (Å²) in [5.41, 5.74) is 3.85. The highest BCUT2D eigenvalue weighted by molar-refractivity contribution is 7.92. The van der Waals surface area contributed by atoms with E-state index in [0.717, 1.165) is 22.7 Å². The van der Waals surface area contributed by atoms with Gasteiger partial charge in [0.05, 0.1) is 11.8 Å². The first-order valence-corrected chi connectivity index (χ1v) is 11.5. The molecule has 15 heteroatoms. The van der Waals surface area contributed by atoms with E-state index in [2.05, 4.69) is 25.6 Å². The fourth-order valence-corrected chi connectivity index (χ4v) is 3.37. The Bertz CT molecular complexity index is 1370. The topological polar surface area (TPSA) is 143 Å². The van der Waals surface area contributed by atoms with Gasteiger partial charge in [0.25, 0.3) is 5.91 Å². The first-order valence-electron chi connectivity index (χ1n) is 9.69. The van der Waals surface area contributed by atoms with Crippen LogP contribution in [0.2, 0.25) is 0 Å². The van der Waals surface area contributed by atoms with Crippen molar-refractivity contribution in [3.8, 4) is 0 Å². The number of alkyl halides is 3. The zero-order valence-electron chi connectivity index (χ0n) is 18.3. The summed E-state index contributed by atoms with van der Waals surface area (Å²) in [4.78, 5) is 22.6. The maximum atomic E-state index is 14.0. The van der Waals surface area contributed by atoms with Crippen LogP contribution in [0.15, 0.2) is 42.7 Å². The molecule has 0 spiro atoms. The Kier molecular flexibility index (Phi) is 7.09. The molecule has 0 unspecified atom stereocenters. The van der Waals surface area contributed by atoms with Crippen molar-refractivity contribution < 1.29 is 30.8 Å². The van der Waals surface area contributed by atoms with Gasteiger partial charge in [0.2, 0.25) is 16.0 Å². The van der Waals surface area contributed by atoms with Gasteiger partial charge in [-0.05, 0) is 24.3 Å². The number of halogens is 4. The zero-order chi connectivity index (χ0) is 26.0. The van der Waals surface area contributed by atoms with Gasteiger partial charge in [-0.25, -0.2) is 22.8 Å². The Labute approximate surface area is 197 Å². The Morgan fingerprint density at radius 1 is 1.20 bits per heavy atom. The highest BCUT2D eigenvalue weighted by Crippen LogP contribution is 2.34. The fourth-order valence-electron chi connectivity index (χ4n) is 2.89. The summed E-state index contributed by atoms with van der Waals surface area (Å²) >= 11 is 0. The van der Waals surface area contributed by atoms with Crippen LogP contribution >= 0.6 is 0 Å². The van der Waals surface area contributed by atoms with Crippen LogP contribution in [0.3, 0.4) is 0 Å². The van der Waals surface area contributed by atoms with Crippen LogP contribution in [0, 0.1) is 5.82 Å². The van der Waals surface area contributed by atoms with Crippen molar-refractivity contribution in [1.82, 2.24) is 15.0 Å². The summed E-state index contributed by atoms with van der Waals surface area (Å²) in [5, 5.41) is 5.09. The van der Waals surface area contributed by atoms with Gasteiger partial charge in [0, 0.05) is 37.2 Å². The monoisotopic (exact) mass is 513 g/mol. The van der Waals surface area contributed by atoms with Gasteiger partial charge in [-0.1, -0.05) is 6.07 Å². The van der Waals surface area contributed by atoms with E-state index in [9.17, 15) is 30.8 Å². The van der Waals surface area contributed by atoms with Gasteiger partial charge in [-0.3, -0.25) is 9.10 Å². The van der Waals surface area contributed by atoms with E-state index in [1.165, 1.54) is 31.4 Å². The van der Waals surface area contributed by atoms with Crippen molar-refractivity contribution in [1.29, 1.82) is 0 Å². The fraction of sp³-hybridized carbons (Fsp3) is 0.200. The molecule has 0 aliphatic carbocycles. The smallest absolute Gasteiger partial charge is 0.366 e. The van der Waals surface area contributed by atoms with E-state index in [0.29, 0.717) is 6.20 Å². The maximum absolute atomic E-state index is 14.0. The predicted octanol–water partition coefficient (Wildman–Crippen LogP) is 2.88. The lowest BCUT2D eigenvalue weighted by Gasteiger charge is -2.20. The van der Waals surface area contributed by atoms with Crippen molar-refractivity contribution >= 4 is 39.2 Å². The van der Waals surface area contributed by atoms with Crippen LogP contribution in [0.25, 0.3) is 0 Å². The predicted molar refractivity (Wildman–Crippen MR) is 120 cm³/mol. The second kappa shape index (κ2) is 9.69. The molecule has 0 saturated carbocycles. The number of aromatic nitrogens is 3. The number of rotatable bonds is 8. The molecule has 186 valence electrons. The Morgan fingerprint density at radius 2 is 1.91 bits per heavy atom. The summed E-state index contributed by atoms with van der Waals surface area (Å²) in [7, 11) is -2.42. The number of primary amides is 1. The molecule has 1 amide bonds. The van der Waals surface area contributed by atoms with Gasteiger partial charge in [0.1, 0.15) is 23.0 Å². The van der Waals surface area contributed by atoms with Gasteiger partial charge < -0.3 is 16.4 Å². The number of benzene rings is 1. The maximum Gasteiger partial charge on any atom is 0.421 e. The van der Waals surface area contributed by atoms with E-state index in [1.54, 1.807) is 0 Å². The lowest BCUT2D eigenvalue weighted by Crippen LogP contribution is -2.27. The SMILES string of the molecule is CN(c1ncccc1CNc1nc(Nc2ccc(C(N)=O)c(F)c2)ncc1C(F)(F)F)S(C)(=O)=O. The van der Waals surface area contributed by atoms with Crippen LogP contribution in [-0.2, 0) is 22.7 Å². The van der Waals surface area contributed by atoms with Crippen LogP contribution < -0.4 is 20.7 Å². The van der Waals surface area contributed by atoms with Crippen LogP contribution in [0.5, 0.6) is 0 Å². The normalized spacial score (nSPS) is 11.7. The van der Waals surface area contributed by atoms with Crippen LogP contribution in [0.1, 0.15) is 21.5 Å². The van der Waals surface area contributed by atoms with Gasteiger partial charge in [0.15, 0.2) is 0 Å². The first-order chi connectivity index (χ1) is 16.3. The number of sulfonamides is 1. The molecule has 0 bridgehead atoms. The van der Waals surface area contributed by atoms with E-state index in [1.807, 2.05) is 0 Å². The van der Waals surface area contributed by atoms with E-state index < -0.39 is 39.3 Å². The number of hydrogen-bond acceptors (Lipinski definition) is 8. The minimum absolute atomic E-state index is 0.0217. The Morgan fingerprint density at radius 3 is 2.51 bits per heavy atom. The molecule has 0 aliphatic heterocycles. The first kappa shape index (κ1) is 25.6. The minimum atomic E-state index is -4.81. The molecule has 0 saturated heterocycles. The average molecular weight is 513 g/mol. The highest BCUT2D eigenvalue weighted by atomic mass is 32.2. The highest BCUT2D eigenvalue weighted by Gasteiger charge is 2.35. The van der Waals surface area contributed by atoms with E-state index in [-0.39, 0.29) is 35.1 Å². The molecular weight excluding hydrogens is 494 g/mol. The van der Waals surface area contributed by atoms with Gasteiger partial charge in [-0.15, -0.1) is 0 Å². The van der Waals surface area contributed by atoms with Crippen molar-refractivity contribution in [2.75, 3.05) is 28.2 Å². The molecule has 0 radical (unpaired) electrons. The molecule has 0 aliphatic rings. The molecule has 3 rings (SSSR count). The zero-order valence-corrected chi connectivity index (χ0v) is 19.1. The molecule has 2 heterocycles. The van der Waals surface area contributed by atoms with E-state index in [4.69, 9.17) is 5.73 Å². The average Bonchev–Trinajstić information content (AvgIpc) is 2.76. The van der Waals surface area contributed by atoms with E-state index >= 15 is 0 Å². The molecule has 10 nitrogen and oxygen atoms in total. The molecular formula is C20H19F4N7O3S. The van der Waals surface area contributed by atoms with Crippen LogP contribution in [-0.4, -0.2) is 42.6 Å². The lowest BCUT2D eigenvalue weighted by molar-refractivity contribution is -0.137. The standard InChI is InChI=1S/C20H19F4N7O3S/c1-31(35(2,33)34)18-11(4-3-7-26-18)9-27-17-14(20(22,23)24)10-28-19(30-17)29-12-5-6-13(16(25)32)15(21)8-12/h3-8,10H,9H2,1-2H3,(H2,25,32)(H2,27,28,29,30). The molecule has 0 atom stereocenters. The molecule has 2 aromatic heterocycles.